The summed E-state index contributed by atoms with van der Waals surface area (Å²) in [6.45, 7) is 0.358. The lowest BCUT2D eigenvalue weighted by atomic mass is 9.88. The molecule has 9 heteroatoms. The number of halogens is 2. The molecular weight excluding hydrogens is 407 g/mol. The topological polar surface area (TPSA) is 86.2 Å². The summed E-state index contributed by atoms with van der Waals surface area (Å²) < 4.78 is 10.5. The van der Waals surface area contributed by atoms with Crippen LogP contribution in [0.4, 0.5) is 0 Å². The molecule has 0 spiro atoms. The lowest BCUT2D eigenvalue weighted by molar-refractivity contribution is -0.211. The Bertz CT molecular complexity index is 867. The summed E-state index contributed by atoms with van der Waals surface area (Å²) in [5.41, 5.74) is 1.26. The quantitative estimate of drug-likeness (QED) is 0.592. The first-order valence-corrected chi connectivity index (χ1v) is 9.62. The zero-order valence-corrected chi connectivity index (χ0v) is 16.5. The lowest BCUT2D eigenvalue weighted by Crippen LogP contribution is -2.53. The van der Waals surface area contributed by atoms with Gasteiger partial charge in [0.2, 0.25) is 0 Å². The number of benzene rings is 1. The van der Waals surface area contributed by atoms with Crippen LogP contribution in [0.5, 0.6) is 0 Å². The van der Waals surface area contributed by atoms with Crippen LogP contribution in [-0.4, -0.2) is 43.1 Å². The maximum absolute atomic E-state index is 13.0. The molecule has 4 atom stereocenters. The van der Waals surface area contributed by atoms with Crippen LogP contribution in [-0.2, 0) is 23.9 Å². The molecule has 1 aromatic rings. The molecule has 2 heterocycles. The van der Waals surface area contributed by atoms with Gasteiger partial charge in [-0.2, -0.15) is 0 Å². The summed E-state index contributed by atoms with van der Waals surface area (Å²) in [5.74, 6) is -3.05. The maximum Gasteiger partial charge on any atom is 0.324 e. The van der Waals surface area contributed by atoms with Crippen LogP contribution in [0.25, 0.3) is 0 Å². The number of methoxy groups -OCH3 is 1. The fourth-order valence-electron chi connectivity index (χ4n) is 3.83. The van der Waals surface area contributed by atoms with Crippen molar-refractivity contribution in [2.75, 3.05) is 13.7 Å². The highest BCUT2D eigenvalue weighted by Gasteiger charge is 2.60. The molecule has 7 nitrogen and oxygen atoms in total. The van der Waals surface area contributed by atoms with Gasteiger partial charge in [-0.3, -0.25) is 9.59 Å². The van der Waals surface area contributed by atoms with Gasteiger partial charge in [-0.15, -0.1) is 0 Å². The van der Waals surface area contributed by atoms with Gasteiger partial charge in [0.25, 0.3) is 5.91 Å². The Balaban J connectivity index is 1.50. The Kier molecular flexibility index (Phi) is 5.07. The minimum Gasteiger partial charge on any atom is -0.469 e. The number of ether oxygens (including phenoxy) is 2. The molecule has 28 heavy (non-hydrogen) atoms. The summed E-state index contributed by atoms with van der Waals surface area (Å²) in [5, 5.41) is 7.93. The second-order valence-electron chi connectivity index (χ2n) is 6.91. The maximum atomic E-state index is 13.0. The van der Waals surface area contributed by atoms with Gasteiger partial charge in [-0.25, -0.2) is 0 Å². The number of nitrogens with zero attached hydrogens (tertiary/aromatic N) is 1. The predicted molar refractivity (Wildman–Crippen MR) is 102 cm³/mol. The number of fused-ring (bicyclic) bond motifs is 1. The van der Waals surface area contributed by atoms with E-state index in [0.29, 0.717) is 40.8 Å². The summed E-state index contributed by atoms with van der Waals surface area (Å²) >= 11 is 12.2. The molecule has 4 rings (SSSR count). The first-order valence-electron chi connectivity index (χ1n) is 8.86. The van der Waals surface area contributed by atoms with Crippen LogP contribution in [0.1, 0.15) is 18.4 Å². The minimum atomic E-state index is -1.53. The summed E-state index contributed by atoms with van der Waals surface area (Å²) in [7, 11) is 1.34. The van der Waals surface area contributed by atoms with Gasteiger partial charge < -0.3 is 19.6 Å². The monoisotopic (exact) mass is 424 g/mol. The van der Waals surface area contributed by atoms with Crippen LogP contribution in [0, 0.1) is 11.8 Å². The van der Waals surface area contributed by atoms with Crippen LogP contribution in [0.2, 0.25) is 10.0 Å². The molecule has 1 aliphatic carbocycles. The van der Waals surface area contributed by atoms with E-state index in [2.05, 4.69) is 10.5 Å². The van der Waals surface area contributed by atoms with E-state index in [1.165, 1.54) is 7.11 Å². The van der Waals surface area contributed by atoms with Gasteiger partial charge in [0.15, 0.2) is 0 Å². The van der Waals surface area contributed by atoms with Gasteiger partial charge in [0.05, 0.1) is 31.3 Å². The number of nitrogens with one attached hydrogen (secondary N) is 1. The van der Waals surface area contributed by atoms with Crippen LogP contribution < -0.4 is 5.32 Å². The molecule has 0 unspecified atom stereocenters. The molecule has 1 aromatic carbocycles. The van der Waals surface area contributed by atoms with Crippen molar-refractivity contribution in [3.05, 3.63) is 46.0 Å². The van der Waals surface area contributed by atoms with Crippen molar-refractivity contribution in [3.63, 3.8) is 0 Å². The number of amides is 1. The van der Waals surface area contributed by atoms with E-state index in [-0.39, 0.29) is 23.8 Å². The van der Waals surface area contributed by atoms with Crippen molar-refractivity contribution in [1.82, 2.24) is 5.32 Å². The van der Waals surface area contributed by atoms with Crippen molar-refractivity contribution in [3.8, 4) is 0 Å². The fraction of sp³-hybridized carbons (Fsp3) is 0.421. The van der Waals surface area contributed by atoms with Crippen molar-refractivity contribution >= 4 is 40.8 Å². The number of esters is 1. The molecule has 1 amide bonds. The molecular formula is C19H18Cl2N2O5. The van der Waals surface area contributed by atoms with Gasteiger partial charge in [0.1, 0.15) is 0 Å². The minimum absolute atomic E-state index is 0.316. The summed E-state index contributed by atoms with van der Waals surface area (Å²) in [4.78, 5) is 30.2. The van der Waals surface area contributed by atoms with E-state index < -0.39 is 11.7 Å². The second-order valence-corrected chi connectivity index (χ2v) is 7.79. The van der Waals surface area contributed by atoms with E-state index in [4.69, 9.17) is 37.5 Å². The molecule has 2 aliphatic heterocycles. The number of rotatable bonds is 4. The molecule has 0 bridgehead atoms. The Morgan fingerprint density at radius 2 is 2.00 bits per heavy atom. The third-order valence-electron chi connectivity index (χ3n) is 5.17. The molecule has 0 aromatic heterocycles. The van der Waals surface area contributed by atoms with Crippen molar-refractivity contribution < 1.29 is 23.9 Å². The highest BCUT2D eigenvalue weighted by molar-refractivity contribution is 6.35. The highest BCUT2D eigenvalue weighted by Crippen LogP contribution is 2.42. The normalized spacial score (nSPS) is 30.5. The van der Waals surface area contributed by atoms with E-state index in [0.717, 1.165) is 0 Å². The number of carbonyl (C=O) groups is 2. The number of carbonyl (C=O) groups excluding carboxylic acids is 2. The highest BCUT2D eigenvalue weighted by atomic mass is 35.5. The third-order valence-corrected chi connectivity index (χ3v) is 5.61. The molecule has 1 N–H and O–H groups in total. The van der Waals surface area contributed by atoms with Gasteiger partial charge >= 0.3 is 11.8 Å². The average Bonchev–Trinajstić information content (AvgIpc) is 3.35. The largest absolute Gasteiger partial charge is 0.469 e. The Morgan fingerprint density at radius 1 is 1.25 bits per heavy atom. The SMILES string of the molecule is COC(=O)[C@@H]1C=C[C@H](NC(=O)[C@]23OCC[C@H]2C(c2cc(Cl)cc(Cl)c2)=NO3)C1. The van der Waals surface area contributed by atoms with Crippen LogP contribution in [0.15, 0.2) is 35.5 Å². The van der Waals surface area contributed by atoms with Gasteiger partial charge in [0, 0.05) is 21.7 Å². The Labute approximate surface area is 171 Å². The third kappa shape index (κ3) is 3.27. The molecule has 0 saturated carbocycles. The van der Waals surface area contributed by atoms with Crippen molar-refractivity contribution in [2.24, 2.45) is 17.0 Å². The standard InChI is InChI=1S/C19H18Cl2N2O5/c1-26-17(24)10-2-3-14(8-10)22-18(25)19-15(4-5-27-19)16(23-28-19)11-6-12(20)9-13(21)7-11/h2-3,6-7,9-10,14-15H,4-5,8H2,1H3,(H,22,25)/t10-,14+,15+,19+/m1/s1. The second kappa shape index (κ2) is 7.39. The molecule has 1 fully saturated rings. The van der Waals surface area contributed by atoms with E-state index in [1.807, 2.05) is 0 Å². The predicted octanol–water partition coefficient (Wildman–Crippen LogP) is 2.69. The molecule has 1 saturated heterocycles. The number of oxime groups is 1. The van der Waals surface area contributed by atoms with Gasteiger partial charge in [-0.05, 0) is 31.0 Å². The average molecular weight is 425 g/mol. The van der Waals surface area contributed by atoms with Crippen molar-refractivity contribution in [1.29, 1.82) is 0 Å². The Hall–Kier alpha value is -2.09. The Morgan fingerprint density at radius 3 is 2.71 bits per heavy atom. The molecule has 0 radical (unpaired) electrons. The van der Waals surface area contributed by atoms with E-state index in [9.17, 15) is 9.59 Å². The van der Waals surface area contributed by atoms with E-state index >= 15 is 0 Å². The summed E-state index contributed by atoms with van der Waals surface area (Å²) in [6.07, 6.45) is 4.50. The zero-order valence-electron chi connectivity index (χ0n) is 15.0. The lowest BCUT2D eigenvalue weighted by Gasteiger charge is -2.26. The van der Waals surface area contributed by atoms with Crippen molar-refractivity contribution in [2.45, 2.75) is 24.7 Å². The van der Waals surface area contributed by atoms with Gasteiger partial charge in [-0.1, -0.05) is 40.5 Å². The van der Waals surface area contributed by atoms with E-state index in [1.54, 1.807) is 30.4 Å². The van der Waals surface area contributed by atoms with Crippen LogP contribution >= 0.6 is 23.2 Å². The smallest absolute Gasteiger partial charge is 0.324 e. The first kappa shape index (κ1) is 19.2. The number of hydrogen-bond acceptors (Lipinski definition) is 6. The van der Waals surface area contributed by atoms with Crippen LogP contribution in [0.3, 0.4) is 0 Å². The molecule has 3 aliphatic rings. The first-order chi connectivity index (χ1) is 13.4. The molecule has 148 valence electrons. The summed E-state index contributed by atoms with van der Waals surface area (Å²) in [6, 6.07) is 4.76. The fourth-order valence-corrected chi connectivity index (χ4v) is 4.35. The zero-order chi connectivity index (χ0) is 19.9. The number of hydrogen-bond donors (Lipinski definition) is 1.